The van der Waals surface area contributed by atoms with Gasteiger partial charge in [0.15, 0.2) is 0 Å². The topological polar surface area (TPSA) is 372 Å². The normalized spacial score (nSPS) is 13.7. The highest BCUT2D eigenvalue weighted by Crippen LogP contribution is 2.28. The zero-order valence-electron chi connectivity index (χ0n) is 82.8. The number of hydrogen-bond acceptors (Lipinski definition) is 18. The number of amides is 1. The highest BCUT2D eigenvalue weighted by Gasteiger charge is 2.29. The molecule has 8 aromatic rings. The van der Waals surface area contributed by atoms with Crippen molar-refractivity contribution >= 4 is 107 Å². The summed E-state index contributed by atoms with van der Waals surface area (Å²) in [5.74, 6) is -0.201. The van der Waals surface area contributed by atoms with E-state index in [1.165, 1.54) is 230 Å². The van der Waals surface area contributed by atoms with E-state index in [0.29, 0.717) is 5.69 Å². The van der Waals surface area contributed by atoms with Crippen molar-refractivity contribution in [2.45, 2.75) is 374 Å². The number of para-hydroxylation sites is 1. The molecule has 26 heteroatoms. The van der Waals surface area contributed by atoms with Gasteiger partial charge in [0.1, 0.15) is 6.04 Å². The van der Waals surface area contributed by atoms with Crippen molar-refractivity contribution in [2.75, 3.05) is 17.2 Å². The maximum atomic E-state index is 11.5. The van der Waals surface area contributed by atoms with Gasteiger partial charge in [0.2, 0.25) is 5.91 Å². The van der Waals surface area contributed by atoms with E-state index >= 15 is 0 Å². The summed E-state index contributed by atoms with van der Waals surface area (Å²) < 4.78 is 101. The standard InChI is InChI=1S/C21H25N.C18H28N2O.C16H22N2.C15H24N2S.C14H22N2.5C4H10O2S/c1-2-3-4-5-6-9-18-12-14-20(15-13-18)22-17-16-19-10-7-8-11-21(19)22;1-2-3-4-5-6-8-15-10-12-16(13-11-15)20-14-7-9-17(20)18(19)21;1-2-3-4-5-6-8-15-9-11-16(12-10-15)18-14-7-13-17-18;1-2-3-4-5-6-7-13-8-10-14(11-9-13)15(16)12-18-17;1-2-3-4-5-6-7-12-8-9-14(16)13(10-12)11-15;5*1-4(2,3)7(5)6/h7-8,10-17H,2-6,9H2,1H3;10-13,17H,2-9,14H2,1H3,(H2,19,21);7,9-14H,2-6,8H2,1H3;8-12H,2-7,16-17H2,1H3;8-11,15H,2-7,16H2,1H3;5*1-3H3,(H,5,6)/p-5/b;;;15-12-;;;;;;/t;17-;;;;;;;;/m.0......../s1. The first kappa shape index (κ1) is 123. The van der Waals surface area contributed by atoms with Crippen molar-refractivity contribution in [3.8, 4) is 11.4 Å². The Labute approximate surface area is 803 Å². The molecule has 3 heterocycles. The Balaban J connectivity index is 0.00000147. The minimum atomic E-state index is -1.93. The lowest BCUT2D eigenvalue weighted by Gasteiger charge is -2.24. The first-order chi connectivity index (χ1) is 61.3. The predicted octanol–water partition coefficient (Wildman–Crippen LogP) is 25.3. The highest BCUT2D eigenvalue weighted by molar-refractivity contribution is 8.00. The Bertz CT molecular complexity index is 4280. The number of hydrogen-bond donors (Lipinski definition) is 5. The fourth-order valence-corrected chi connectivity index (χ4v) is 12.4. The lowest BCUT2D eigenvalue weighted by atomic mass is 10.0. The Morgan fingerprint density at radius 1 is 0.431 bits per heavy atom. The molecule has 9 rings (SSSR count). The molecule has 130 heavy (non-hydrogen) atoms. The Hall–Kier alpha value is -6.79. The number of rotatable bonds is 37. The van der Waals surface area contributed by atoms with Crippen LogP contribution in [0.5, 0.6) is 0 Å². The number of nitrogen functional groups attached to an aromatic ring is 1. The third-order valence-corrected chi connectivity index (χ3v) is 25.9. The van der Waals surface area contributed by atoms with Gasteiger partial charge in [-0.15, -0.1) is 0 Å². The number of carbonyl (C=O) groups excluding carboxylic acids is 1. The number of nitrogens with two attached hydrogens (primary N) is 4. The summed E-state index contributed by atoms with van der Waals surface area (Å²) in [7, 11) is 0. The van der Waals surface area contributed by atoms with Crippen LogP contribution >= 0.6 is 11.9 Å². The molecule has 6 aromatic carbocycles. The van der Waals surface area contributed by atoms with Gasteiger partial charge in [0, 0.05) is 88.8 Å². The van der Waals surface area contributed by atoms with Crippen LogP contribution in [-0.2, 0) is 92.3 Å². The number of primary amides is 1. The average molecular weight is 1910 g/mol. The Kier molecular flexibility index (Phi) is 66.3. The smallest absolute Gasteiger partial charge is 0.240 e. The van der Waals surface area contributed by atoms with Gasteiger partial charge in [-0.2, -0.15) is 5.10 Å². The number of nitrogens with zero attached hydrogens (tertiary/aromatic N) is 4. The summed E-state index contributed by atoms with van der Waals surface area (Å²) in [6.45, 7) is 36.9. The lowest BCUT2D eigenvalue weighted by Crippen LogP contribution is -2.40. The molecule has 1 aliphatic rings. The number of aromatic nitrogens is 3. The summed E-state index contributed by atoms with van der Waals surface area (Å²) in [5, 5.41) is 19.9. The molecule has 0 bridgehead atoms. The van der Waals surface area contributed by atoms with Crippen molar-refractivity contribution in [1.29, 1.82) is 5.41 Å². The first-order valence-corrected chi connectivity index (χ1v) is 53.2. The molecule has 1 amide bonds. The quantitative estimate of drug-likeness (QED) is 0.00794. The number of benzene rings is 6. The van der Waals surface area contributed by atoms with Gasteiger partial charge in [0.05, 0.1) is 11.2 Å². The molecule has 0 saturated carbocycles. The number of anilines is 2. The largest absolute Gasteiger partial charge is 0.772 e. The zero-order valence-corrected chi connectivity index (χ0v) is 87.7. The monoisotopic (exact) mass is 1910 g/mol. The molecule has 9 N–H and O–H groups in total. The molecule has 734 valence electrons. The van der Waals surface area contributed by atoms with Crippen LogP contribution < -0.4 is 27.2 Å². The van der Waals surface area contributed by atoms with Crippen LogP contribution in [0.15, 0.2) is 176 Å². The van der Waals surface area contributed by atoms with Crippen LogP contribution in [0.25, 0.3) is 28.0 Å². The van der Waals surface area contributed by atoms with Crippen LogP contribution in [0.3, 0.4) is 0 Å². The summed E-state index contributed by atoms with van der Waals surface area (Å²) in [5.41, 5.74) is 32.2. The molecular weight excluding hydrogens is 1740 g/mol. The predicted molar refractivity (Wildman–Crippen MR) is 558 cm³/mol. The van der Waals surface area contributed by atoms with Crippen LogP contribution in [0.2, 0.25) is 0 Å². The van der Waals surface area contributed by atoms with Gasteiger partial charge >= 0.3 is 0 Å². The third-order valence-electron chi connectivity index (χ3n) is 20.5. The molecule has 0 radical (unpaired) electrons. The van der Waals surface area contributed by atoms with E-state index in [-0.39, 0.29) is 11.9 Å². The second-order valence-electron chi connectivity index (χ2n) is 37.5. The molecule has 20 nitrogen and oxygen atoms in total. The fourth-order valence-electron chi connectivity index (χ4n) is 12.2. The van der Waals surface area contributed by atoms with Gasteiger partial charge in [-0.25, -0.2) is 4.68 Å². The molecule has 1 saturated heterocycles. The number of carbonyl (C=O) groups is 1. The highest BCUT2D eigenvalue weighted by atomic mass is 32.2. The van der Waals surface area contributed by atoms with Gasteiger partial charge in [-0.1, -0.05) is 260 Å². The molecular formula is C104H166N9O11S6-5. The van der Waals surface area contributed by atoms with Gasteiger partial charge < -0.3 is 54.8 Å². The van der Waals surface area contributed by atoms with E-state index in [4.69, 9.17) is 27.7 Å². The minimum absolute atomic E-state index is 0.120. The summed E-state index contributed by atoms with van der Waals surface area (Å²) >= 11 is -8.52. The van der Waals surface area contributed by atoms with Crippen molar-refractivity contribution < 1.29 is 48.6 Å². The van der Waals surface area contributed by atoms with E-state index in [1.54, 1.807) is 109 Å². The summed E-state index contributed by atoms with van der Waals surface area (Å²) in [4.78, 5) is 13.6. The Morgan fingerprint density at radius 2 is 0.754 bits per heavy atom. The minimum Gasteiger partial charge on any atom is -0.772 e. The van der Waals surface area contributed by atoms with E-state index in [2.05, 4.69) is 189 Å². The summed E-state index contributed by atoms with van der Waals surface area (Å²) in [6, 6.07) is 53.5. The molecule has 5 unspecified atom stereocenters. The van der Waals surface area contributed by atoms with Crippen molar-refractivity contribution in [3.05, 3.63) is 215 Å². The van der Waals surface area contributed by atoms with Crippen molar-refractivity contribution in [1.82, 2.24) is 14.3 Å². The number of aryl methyl sites for hydroxylation is 5. The van der Waals surface area contributed by atoms with E-state index in [0.717, 1.165) is 72.4 Å². The van der Waals surface area contributed by atoms with Gasteiger partial charge in [-0.3, -0.25) is 31.0 Å². The second kappa shape index (κ2) is 70.0. The lowest BCUT2D eigenvalue weighted by molar-refractivity contribution is -0.119. The molecule has 0 aliphatic carbocycles. The Morgan fingerprint density at radius 3 is 1.08 bits per heavy atom. The fraction of sp³-hybridized carbons (Fsp3) is 0.567. The SMILES string of the molecule is CC(C)(C)S(=O)[O-].CC(C)(C)S(=O)[O-].CC(C)(C)S(=O)[O-].CC(C)(C)S(=O)[O-].CC(C)(C)S(=O)[O-].CCCCCCCc1ccc(-n2ccc3ccccc32)cc1.CCCCCCCc1ccc(-n2cccn2)cc1.CCCCCCCc1ccc(/C(N)=C/SN)cc1.CCCCCCCc1ccc(N)c(C=N)c1.CCCCCCCc1ccc(N2CCC[C@H]2C(N)=O)cc1. The van der Waals surface area contributed by atoms with E-state index < -0.39 is 79.1 Å². The third kappa shape index (κ3) is 58.4. The van der Waals surface area contributed by atoms with Crippen LogP contribution in [0.1, 0.15) is 351 Å². The van der Waals surface area contributed by atoms with Gasteiger partial charge in [0.25, 0.3) is 0 Å². The first-order valence-electron chi connectivity index (χ1n) is 46.9. The van der Waals surface area contributed by atoms with Crippen LogP contribution in [0, 0.1) is 5.41 Å². The molecule has 2 aromatic heterocycles. The number of unbranched alkanes of at least 4 members (excludes halogenated alkanes) is 20. The molecule has 6 atom stereocenters. The van der Waals surface area contributed by atoms with Crippen molar-refractivity contribution in [3.63, 3.8) is 0 Å². The number of fused-ring (bicyclic) bond motifs is 1. The molecule has 0 spiro atoms. The van der Waals surface area contributed by atoms with Crippen LogP contribution in [-0.4, -0.2) is 107 Å². The molecule has 1 fully saturated rings. The second-order valence-corrected chi connectivity index (χ2v) is 46.5. The van der Waals surface area contributed by atoms with E-state index in [9.17, 15) is 48.6 Å². The van der Waals surface area contributed by atoms with E-state index in [1.807, 2.05) is 35.3 Å². The summed E-state index contributed by atoms with van der Waals surface area (Å²) in [6.07, 6.45) is 48.2. The zero-order chi connectivity index (χ0) is 98.3. The van der Waals surface area contributed by atoms with Crippen LogP contribution in [0.4, 0.5) is 11.4 Å². The maximum absolute atomic E-state index is 11.5. The maximum Gasteiger partial charge on any atom is 0.240 e. The molecule has 1 aliphatic heterocycles. The van der Waals surface area contributed by atoms with Crippen molar-refractivity contribution in [2.24, 2.45) is 16.6 Å². The average Bonchev–Trinajstić information content (AvgIpc) is 1.51. The van der Waals surface area contributed by atoms with Gasteiger partial charge in [-0.05, 0) is 342 Å². The number of nitrogens with one attached hydrogen (secondary N) is 1.